The van der Waals surface area contributed by atoms with Gasteiger partial charge >= 0.3 is 0 Å². The molecule has 2 aliphatic rings. The summed E-state index contributed by atoms with van der Waals surface area (Å²) in [6.45, 7) is 7.20. The van der Waals surface area contributed by atoms with E-state index >= 15 is 0 Å². The summed E-state index contributed by atoms with van der Waals surface area (Å²) in [5, 5.41) is 1.12. The molecule has 0 bridgehead atoms. The van der Waals surface area contributed by atoms with Crippen molar-refractivity contribution < 1.29 is 9.18 Å². The van der Waals surface area contributed by atoms with Crippen LogP contribution in [-0.4, -0.2) is 54.5 Å². The molecular weight excluding hydrogens is 496 g/mol. The Kier molecular flexibility index (Phi) is 9.68. The minimum Gasteiger partial charge on any atom is -0.341 e. The van der Waals surface area contributed by atoms with Crippen LogP contribution < -0.4 is 5.73 Å². The van der Waals surface area contributed by atoms with Gasteiger partial charge in [-0.15, -0.1) is 0 Å². The second-order valence-corrected chi connectivity index (χ2v) is 11.3. The molecule has 196 valence electrons. The van der Waals surface area contributed by atoms with Crippen molar-refractivity contribution in [3.63, 3.8) is 0 Å². The Hall–Kier alpha value is -1.66. The van der Waals surface area contributed by atoms with E-state index in [0.717, 1.165) is 37.3 Å². The monoisotopic (exact) mass is 533 g/mol. The molecule has 0 spiro atoms. The van der Waals surface area contributed by atoms with E-state index in [-0.39, 0.29) is 12.3 Å². The maximum atomic E-state index is 14.2. The largest absolute Gasteiger partial charge is 0.341 e. The topological polar surface area (TPSA) is 49.6 Å². The van der Waals surface area contributed by atoms with Crippen LogP contribution in [0.3, 0.4) is 0 Å². The molecule has 2 aromatic carbocycles. The van der Waals surface area contributed by atoms with E-state index < -0.39 is 11.9 Å². The molecule has 0 saturated carbocycles. The number of amides is 1. The Labute approximate surface area is 224 Å². The van der Waals surface area contributed by atoms with Crippen LogP contribution in [0.1, 0.15) is 61.6 Å². The summed E-state index contributed by atoms with van der Waals surface area (Å²) >= 11 is 12.3. The van der Waals surface area contributed by atoms with Crippen LogP contribution in [0.25, 0.3) is 0 Å². The van der Waals surface area contributed by atoms with Gasteiger partial charge in [-0.05, 0) is 104 Å². The normalized spacial score (nSPS) is 19.0. The van der Waals surface area contributed by atoms with Crippen LogP contribution in [0, 0.1) is 11.7 Å². The van der Waals surface area contributed by atoms with E-state index in [1.165, 1.54) is 43.1 Å². The molecule has 2 atom stereocenters. The fourth-order valence-corrected chi connectivity index (χ4v) is 6.14. The standard InChI is InChI=1S/C29H38Cl2FN3O/c1-2-20(19-34-11-3-4-12-34)15-23-16-24(30)7-8-26(23)21-9-13-35(14-10-21)29(36)28(33)17-22-5-6-25(31)18-27(22)32/h5-8,16,18,20-21,28H,2-4,9-15,17,19,33H2,1H3/t20-,28+/m0/s1. The minimum absolute atomic E-state index is 0.115. The van der Waals surface area contributed by atoms with Gasteiger partial charge in [0.25, 0.3) is 0 Å². The van der Waals surface area contributed by atoms with Gasteiger partial charge in [-0.1, -0.05) is 48.7 Å². The van der Waals surface area contributed by atoms with Crippen LogP contribution in [0.5, 0.6) is 0 Å². The number of halogens is 3. The first kappa shape index (κ1) is 27.4. The zero-order valence-electron chi connectivity index (χ0n) is 21.2. The summed E-state index contributed by atoms with van der Waals surface area (Å²) < 4.78 is 14.2. The molecule has 0 unspecified atom stereocenters. The second-order valence-electron chi connectivity index (χ2n) is 10.5. The number of likely N-dealkylation sites (tertiary alicyclic amines) is 2. The van der Waals surface area contributed by atoms with E-state index in [0.29, 0.717) is 35.5 Å². The zero-order valence-corrected chi connectivity index (χ0v) is 22.7. The van der Waals surface area contributed by atoms with E-state index in [1.807, 2.05) is 11.0 Å². The van der Waals surface area contributed by atoms with Crippen LogP contribution in [0.2, 0.25) is 10.0 Å². The van der Waals surface area contributed by atoms with Gasteiger partial charge in [0, 0.05) is 29.7 Å². The number of nitrogens with two attached hydrogens (primary N) is 1. The molecule has 0 aromatic heterocycles. The molecule has 2 aromatic rings. The highest BCUT2D eigenvalue weighted by Gasteiger charge is 2.29. The molecule has 1 amide bonds. The highest BCUT2D eigenvalue weighted by molar-refractivity contribution is 6.30. The molecule has 2 fully saturated rings. The van der Waals surface area contributed by atoms with E-state index in [1.54, 1.807) is 12.1 Å². The second kappa shape index (κ2) is 12.7. The SMILES string of the molecule is CC[C@@H](Cc1cc(Cl)ccc1C1CCN(C(=O)[C@H](N)Cc2ccc(Cl)cc2F)CC1)CN1CCCC1. The van der Waals surface area contributed by atoms with Gasteiger partial charge in [0.1, 0.15) is 5.82 Å². The van der Waals surface area contributed by atoms with Gasteiger partial charge in [-0.25, -0.2) is 4.39 Å². The van der Waals surface area contributed by atoms with Crippen LogP contribution in [0.15, 0.2) is 36.4 Å². The number of hydrogen-bond acceptors (Lipinski definition) is 3. The van der Waals surface area contributed by atoms with E-state index in [9.17, 15) is 9.18 Å². The first-order chi connectivity index (χ1) is 17.3. The molecule has 4 rings (SSSR count). The summed E-state index contributed by atoms with van der Waals surface area (Å²) in [6.07, 6.45) is 6.78. The van der Waals surface area contributed by atoms with Gasteiger partial charge < -0.3 is 15.5 Å². The van der Waals surface area contributed by atoms with Crippen LogP contribution in [0.4, 0.5) is 4.39 Å². The quantitative estimate of drug-likeness (QED) is 0.425. The third kappa shape index (κ3) is 7.00. The summed E-state index contributed by atoms with van der Waals surface area (Å²) in [7, 11) is 0. The number of carbonyl (C=O) groups is 1. The maximum absolute atomic E-state index is 14.2. The molecule has 2 N–H and O–H groups in total. The third-order valence-electron chi connectivity index (χ3n) is 7.92. The molecule has 2 aliphatic heterocycles. The van der Waals surface area contributed by atoms with Crippen LogP contribution >= 0.6 is 23.2 Å². The number of hydrogen-bond donors (Lipinski definition) is 1. The molecule has 7 heteroatoms. The Morgan fingerprint density at radius 3 is 2.33 bits per heavy atom. The summed E-state index contributed by atoms with van der Waals surface area (Å²) in [6, 6.07) is 10.1. The van der Waals surface area contributed by atoms with Gasteiger partial charge in [0.05, 0.1) is 6.04 Å². The molecule has 2 saturated heterocycles. The Morgan fingerprint density at radius 2 is 1.67 bits per heavy atom. The van der Waals surface area contributed by atoms with E-state index in [4.69, 9.17) is 28.9 Å². The highest BCUT2D eigenvalue weighted by atomic mass is 35.5. The number of rotatable bonds is 9. The molecule has 36 heavy (non-hydrogen) atoms. The lowest BCUT2D eigenvalue weighted by atomic mass is 9.83. The molecule has 4 nitrogen and oxygen atoms in total. The fourth-order valence-electron chi connectivity index (χ4n) is 5.79. The maximum Gasteiger partial charge on any atom is 0.239 e. The highest BCUT2D eigenvalue weighted by Crippen LogP contribution is 2.34. The number of piperidine rings is 1. The predicted octanol–water partition coefficient (Wildman–Crippen LogP) is 6.07. The predicted molar refractivity (Wildman–Crippen MR) is 146 cm³/mol. The summed E-state index contributed by atoms with van der Waals surface area (Å²) in [5.74, 6) is 0.481. The first-order valence-electron chi connectivity index (χ1n) is 13.3. The fraction of sp³-hybridized carbons (Fsp3) is 0.552. The molecule has 0 radical (unpaired) electrons. The Balaban J connectivity index is 1.36. The zero-order chi connectivity index (χ0) is 25.7. The van der Waals surface area contributed by atoms with Crippen molar-refractivity contribution in [1.82, 2.24) is 9.80 Å². The molecule has 2 heterocycles. The van der Waals surface area contributed by atoms with Crippen LogP contribution in [-0.2, 0) is 17.6 Å². The third-order valence-corrected chi connectivity index (χ3v) is 8.39. The average molecular weight is 535 g/mol. The number of nitrogens with zero attached hydrogens (tertiary/aromatic N) is 2. The van der Waals surface area contributed by atoms with Gasteiger partial charge in [0.15, 0.2) is 0 Å². The average Bonchev–Trinajstić information content (AvgIpc) is 3.38. The number of carbonyl (C=O) groups excluding carboxylic acids is 1. The Morgan fingerprint density at radius 1 is 1.00 bits per heavy atom. The smallest absolute Gasteiger partial charge is 0.239 e. The van der Waals surface area contributed by atoms with E-state index in [2.05, 4.69) is 24.0 Å². The summed E-state index contributed by atoms with van der Waals surface area (Å²) in [5.41, 5.74) is 9.35. The van der Waals surface area contributed by atoms with Crippen molar-refractivity contribution in [1.29, 1.82) is 0 Å². The van der Waals surface area contributed by atoms with Gasteiger partial charge in [-0.3, -0.25) is 4.79 Å². The molecular formula is C29H38Cl2FN3O. The van der Waals surface area contributed by atoms with Crippen molar-refractivity contribution in [3.8, 4) is 0 Å². The van der Waals surface area contributed by atoms with Gasteiger partial charge in [0.2, 0.25) is 5.91 Å². The van der Waals surface area contributed by atoms with Crippen molar-refractivity contribution in [2.45, 2.75) is 63.8 Å². The van der Waals surface area contributed by atoms with Crippen molar-refractivity contribution in [3.05, 3.63) is 69.0 Å². The first-order valence-corrected chi connectivity index (χ1v) is 14.1. The Bertz CT molecular complexity index is 1040. The lowest BCUT2D eigenvalue weighted by Gasteiger charge is -2.35. The lowest BCUT2D eigenvalue weighted by molar-refractivity contribution is -0.133. The molecule has 0 aliphatic carbocycles. The number of benzene rings is 2. The summed E-state index contributed by atoms with van der Waals surface area (Å²) in [4.78, 5) is 17.5. The van der Waals surface area contributed by atoms with Crippen molar-refractivity contribution in [2.75, 3.05) is 32.7 Å². The van der Waals surface area contributed by atoms with Crippen molar-refractivity contribution >= 4 is 29.1 Å². The minimum atomic E-state index is -0.765. The van der Waals surface area contributed by atoms with Crippen molar-refractivity contribution in [2.24, 2.45) is 11.7 Å². The van der Waals surface area contributed by atoms with Gasteiger partial charge in [-0.2, -0.15) is 0 Å². The lowest BCUT2D eigenvalue weighted by Crippen LogP contribution is -2.48.